The summed E-state index contributed by atoms with van der Waals surface area (Å²) < 4.78 is 5.44. The predicted molar refractivity (Wildman–Crippen MR) is 60.1 cm³/mol. The van der Waals surface area contributed by atoms with Crippen LogP contribution >= 0.6 is 0 Å². The molecular formula is C11H18N2O. The van der Waals surface area contributed by atoms with Gasteiger partial charge >= 0.3 is 0 Å². The van der Waals surface area contributed by atoms with Crippen LogP contribution in [0.2, 0.25) is 0 Å². The van der Waals surface area contributed by atoms with Crippen LogP contribution in [-0.4, -0.2) is 12.7 Å². The highest BCUT2D eigenvalue weighted by atomic mass is 16.5. The first-order valence-corrected chi connectivity index (χ1v) is 4.88. The van der Waals surface area contributed by atoms with Gasteiger partial charge in [-0.1, -0.05) is 0 Å². The van der Waals surface area contributed by atoms with Crippen LogP contribution in [0, 0.1) is 0 Å². The van der Waals surface area contributed by atoms with Gasteiger partial charge in [-0.2, -0.15) is 0 Å². The van der Waals surface area contributed by atoms with Gasteiger partial charge in [0.15, 0.2) is 0 Å². The van der Waals surface area contributed by atoms with Crippen molar-refractivity contribution in [1.82, 2.24) is 0 Å². The van der Waals surface area contributed by atoms with E-state index in [0.717, 1.165) is 18.6 Å². The van der Waals surface area contributed by atoms with Crippen molar-refractivity contribution in [2.75, 3.05) is 18.1 Å². The van der Waals surface area contributed by atoms with E-state index < -0.39 is 0 Å². The Kier molecular flexibility index (Phi) is 3.77. The van der Waals surface area contributed by atoms with Gasteiger partial charge in [0.2, 0.25) is 0 Å². The SMILES string of the molecule is CCOC(C)Cc1cc(N)cc(N)c1. The number of nitrogen functional groups attached to an aromatic ring is 2. The zero-order chi connectivity index (χ0) is 10.6. The summed E-state index contributed by atoms with van der Waals surface area (Å²) >= 11 is 0. The van der Waals surface area contributed by atoms with Gasteiger partial charge in [-0.05, 0) is 44.0 Å². The lowest BCUT2D eigenvalue weighted by molar-refractivity contribution is 0.0768. The molecule has 1 aromatic carbocycles. The first-order valence-electron chi connectivity index (χ1n) is 4.88. The summed E-state index contributed by atoms with van der Waals surface area (Å²) in [6.45, 7) is 4.77. The Bertz CT molecular complexity index is 279. The molecule has 3 heteroatoms. The van der Waals surface area contributed by atoms with E-state index in [1.54, 1.807) is 6.07 Å². The molecule has 78 valence electrons. The Labute approximate surface area is 85.0 Å². The van der Waals surface area contributed by atoms with Gasteiger partial charge in [-0.15, -0.1) is 0 Å². The van der Waals surface area contributed by atoms with Crippen molar-refractivity contribution < 1.29 is 4.74 Å². The Morgan fingerprint density at radius 3 is 2.29 bits per heavy atom. The summed E-state index contributed by atoms with van der Waals surface area (Å²) in [5.74, 6) is 0. The molecule has 0 amide bonds. The van der Waals surface area contributed by atoms with E-state index in [9.17, 15) is 0 Å². The molecule has 1 rings (SSSR count). The highest BCUT2D eigenvalue weighted by Crippen LogP contribution is 2.15. The molecule has 0 aliphatic carbocycles. The van der Waals surface area contributed by atoms with Crippen LogP contribution in [0.25, 0.3) is 0 Å². The Balaban J connectivity index is 2.66. The largest absolute Gasteiger partial charge is 0.399 e. The molecule has 1 unspecified atom stereocenters. The molecule has 0 bridgehead atoms. The summed E-state index contributed by atoms with van der Waals surface area (Å²) in [7, 11) is 0. The summed E-state index contributed by atoms with van der Waals surface area (Å²) in [5.41, 5.74) is 13.9. The molecule has 4 N–H and O–H groups in total. The van der Waals surface area contributed by atoms with Crippen molar-refractivity contribution in [3.63, 3.8) is 0 Å². The molecule has 0 radical (unpaired) electrons. The maximum atomic E-state index is 5.69. The fourth-order valence-electron chi connectivity index (χ4n) is 1.54. The Morgan fingerprint density at radius 2 is 1.79 bits per heavy atom. The van der Waals surface area contributed by atoms with Crippen molar-refractivity contribution in [2.45, 2.75) is 26.4 Å². The highest BCUT2D eigenvalue weighted by Gasteiger charge is 2.04. The van der Waals surface area contributed by atoms with Crippen LogP contribution in [0.1, 0.15) is 19.4 Å². The summed E-state index contributed by atoms with van der Waals surface area (Å²) in [4.78, 5) is 0. The van der Waals surface area contributed by atoms with Gasteiger partial charge in [-0.25, -0.2) is 0 Å². The van der Waals surface area contributed by atoms with Crippen LogP contribution in [0.5, 0.6) is 0 Å². The molecule has 0 saturated carbocycles. The fourth-order valence-corrected chi connectivity index (χ4v) is 1.54. The number of hydrogen-bond acceptors (Lipinski definition) is 3. The maximum Gasteiger partial charge on any atom is 0.0587 e. The molecule has 0 heterocycles. The molecule has 0 saturated heterocycles. The van der Waals surface area contributed by atoms with E-state index in [4.69, 9.17) is 16.2 Å². The van der Waals surface area contributed by atoms with Crippen molar-refractivity contribution in [1.29, 1.82) is 0 Å². The summed E-state index contributed by atoms with van der Waals surface area (Å²) in [6, 6.07) is 5.63. The van der Waals surface area contributed by atoms with Crippen LogP contribution in [-0.2, 0) is 11.2 Å². The molecule has 0 aromatic heterocycles. The molecule has 0 spiro atoms. The third-order valence-electron chi connectivity index (χ3n) is 2.01. The lowest BCUT2D eigenvalue weighted by Crippen LogP contribution is -2.11. The van der Waals surface area contributed by atoms with E-state index in [2.05, 4.69) is 0 Å². The number of benzene rings is 1. The maximum absolute atomic E-state index is 5.69. The van der Waals surface area contributed by atoms with Crippen molar-refractivity contribution >= 4 is 11.4 Å². The second kappa shape index (κ2) is 4.86. The molecule has 3 nitrogen and oxygen atoms in total. The molecule has 0 aliphatic heterocycles. The predicted octanol–water partition coefficient (Wildman–Crippen LogP) is 1.82. The van der Waals surface area contributed by atoms with E-state index in [1.807, 2.05) is 26.0 Å². The monoisotopic (exact) mass is 194 g/mol. The zero-order valence-corrected chi connectivity index (χ0v) is 8.79. The minimum absolute atomic E-state index is 0.209. The minimum atomic E-state index is 0.209. The van der Waals surface area contributed by atoms with E-state index in [-0.39, 0.29) is 6.10 Å². The summed E-state index contributed by atoms with van der Waals surface area (Å²) in [5, 5.41) is 0. The van der Waals surface area contributed by atoms with E-state index in [1.165, 1.54) is 0 Å². The molecule has 0 aliphatic rings. The van der Waals surface area contributed by atoms with Gasteiger partial charge < -0.3 is 16.2 Å². The second-order valence-corrected chi connectivity index (χ2v) is 3.48. The van der Waals surface area contributed by atoms with Crippen molar-refractivity contribution in [3.05, 3.63) is 23.8 Å². The molecule has 14 heavy (non-hydrogen) atoms. The third-order valence-corrected chi connectivity index (χ3v) is 2.01. The smallest absolute Gasteiger partial charge is 0.0587 e. The molecule has 1 aromatic rings. The van der Waals surface area contributed by atoms with Gasteiger partial charge in [0, 0.05) is 18.0 Å². The highest BCUT2D eigenvalue weighted by molar-refractivity contribution is 5.54. The fraction of sp³-hybridized carbons (Fsp3) is 0.455. The van der Waals surface area contributed by atoms with Crippen LogP contribution < -0.4 is 11.5 Å². The lowest BCUT2D eigenvalue weighted by atomic mass is 10.1. The number of ether oxygens (including phenoxy) is 1. The second-order valence-electron chi connectivity index (χ2n) is 3.48. The lowest BCUT2D eigenvalue weighted by Gasteiger charge is -2.12. The number of rotatable bonds is 4. The van der Waals surface area contributed by atoms with Crippen LogP contribution in [0.15, 0.2) is 18.2 Å². The van der Waals surface area contributed by atoms with E-state index >= 15 is 0 Å². The van der Waals surface area contributed by atoms with Gasteiger partial charge in [-0.3, -0.25) is 0 Å². The number of anilines is 2. The first kappa shape index (κ1) is 10.9. The quantitative estimate of drug-likeness (QED) is 0.719. The van der Waals surface area contributed by atoms with Gasteiger partial charge in [0.1, 0.15) is 0 Å². The number of nitrogens with two attached hydrogens (primary N) is 2. The number of hydrogen-bond donors (Lipinski definition) is 2. The average Bonchev–Trinajstić information content (AvgIpc) is 2.01. The minimum Gasteiger partial charge on any atom is -0.399 e. The first-order chi connectivity index (χ1) is 6.61. The van der Waals surface area contributed by atoms with Gasteiger partial charge in [0.05, 0.1) is 6.10 Å². The van der Waals surface area contributed by atoms with Gasteiger partial charge in [0.25, 0.3) is 0 Å². The zero-order valence-electron chi connectivity index (χ0n) is 8.79. The Hall–Kier alpha value is -1.22. The van der Waals surface area contributed by atoms with Crippen LogP contribution in [0.3, 0.4) is 0 Å². The van der Waals surface area contributed by atoms with Crippen LogP contribution in [0.4, 0.5) is 11.4 Å². The topological polar surface area (TPSA) is 61.3 Å². The van der Waals surface area contributed by atoms with E-state index in [0.29, 0.717) is 11.4 Å². The molecular weight excluding hydrogens is 176 g/mol. The third kappa shape index (κ3) is 3.26. The molecule has 0 fully saturated rings. The average molecular weight is 194 g/mol. The van der Waals surface area contributed by atoms with Crippen molar-refractivity contribution in [2.24, 2.45) is 0 Å². The van der Waals surface area contributed by atoms with Crippen molar-refractivity contribution in [3.8, 4) is 0 Å². The Morgan fingerprint density at radius 1 is 1.21 bits per heavy atom. The standard InChI is InChI=1S/C11H18N2O/c1-3-14-8(2)4-9-5-10(12)7-11(13)6-9/h5-8H,3-4,12-13H2,1-2H3. The normalized spacial score (nSPS) is 12.7. The summed E-state index contributed by atoms with van der Waals surface area (Å²) in [6.07, 6.45) is 1.06. The molecule has 1 atom stereocenters.